The van der Waals surface area contributed by atoms with Crippen LogP contribution in [-0.4, -0.2) is 34.2 Å². The van der Waals surface area contributed by atoms with Crippen LogP contribution in [0.4, 0.5) is 4.79 Å². The highest BCUT2D eigenvalue weighted by atomic mass is 127. The molecule has 0 aromatic rings. The third-order valence-electron chi connectivity index (χ3n) is 4.31. The lowest BCUT2D eigenvalue weighted by Crippen LogP contribution is -2.57. The van der Waals surface area contributed by atoms with Crippen LogP contribution in [0.15, 0.2) is 0 Å². The summed E-state index contributed by atoms with van der Waals surface area (Å²) in [6, 6.07) is -0.655. The molecule has 5 nitrogen and oxygen atoms in total. The molecule has 3 aliphatic rings. The van der Waals surface area contributed by atoms with Gasteiger partial charge in [-0.3, -0.25) is 10.1 Å². The Hall–Kier alpha value is -0.370. The average Bonchev–Trinajstić information content (AvgIpc) is 2.57. The number of rotatable bonds is 1. The number of carbonyl (C=O) groups is 2. The molecule has 0 spiro atoms. The normalized spacial score (nSPS) is 42.2. The second kappa shape index (κ2) is 4.08. The van der Waals surface area contributed by atoms with Crippen molar-refractivity contribution in [2.24, 2.45) is 11.3 Å². The molecule has 3 amide bonds. The number of nitrogens with one attached hydrogen (secondary N) is 2. The molecule has 2 aliphatic heterocycles. The molecule has 2 heterocycles. The van der Waals surface area contributed by atoms with E-state index in [1.54, 1.807) is 0 Å². The second-order valence-electron chi connectivity index (χ2n) is 5.52. The summed E-state index contributed by atoms with van der Waals surface area (Å²) in [4.78, 5) is 23.2. The number of nitrogens with zero attached hydrogens (tertiary/aromatic N) is 1. The lowest BCUT2D eigenvalue weighted by atomic mass is 9.63. The Balaban J connectivity index is 1.88. The van der Waals surface area contributed by atoms with E-state index in [0.29, 0.717) is 5.92 Å². The van der Waals surface area contributed by atoms with E-state index in [4.69, 9.17) is 0 Å². The Bertz CT molecular complexity index is 372. The molecule has 1 aliphatic carbocycles. The number of hydrogen-bond donors (Lipinski definition) is 2. The quantitative estimate of drug-likeness (QED) is 0.423. The third-order valence-corrected chi connectivity index (χ3v) is 5.05. The molecular formula is C11H16IN3O2. The number of piperidine rings is 1. The molecule has 3 rings (SSSR count). The van der Waals surface area contributed by atoms with Gasteiger partial charge >= 0.3 is 6.03 Å². The minimum atomic E-state index is -0.331. The van der Waals surface area contributed by atoms with Crippen LogP contribution in [0.2, 0.25) is 0 Å². The lowest BCUT2D eigenvalue weighted by molar-refractivity contribution is -0.125. The van der Waals surface area contributed by atoms with Crippen molar-refractivity contribution in [1.82, 2.24) is 13.7 Å². The van der Waals surface area contributed by atoms with Crippen molar-refractivity contribution >= 4 is 34.8 Å². The first-order valence-electron chi connectivity index (χ1n) is 6.11. The van der Waals surface area contributed by atoms with Crippen molar-refractivity contribution in [2.75, 3.05) is 13.1 Å². The summed E-state index contributed by atoms with van der Waals surface area (Å²) < 4.78 is 2.28. The fourth-order valence-corrected chi connectivity index (χ4v) is 4.95. The molecule has 0 aromatic carbocycles. The van der Waals surface area contributed by atoms with Gasteiger partial charge in [-0.05, 0) is 25.2 Å². The van der Waals surface area contributed by atoms with Crippen LogP contribution in [0, 0.1) is 11.3 Å². The Morgan fingerprint density at radius 2 is 2.24 bits per heavy atom. The van der Waals surface area contributed by atoms with E-state index in [1.165, 1.54) is 12.8 Å². The summed E-state index contributed by atoms with van der Waals surface area (Å²) in [6.07, 6.45) is 4.55. The van der Waals surface area contributed by atoms with Gasteiger partial charge in [0.1, 0.15) is 6.04 Å². The molecule has 3 unspecified atom stereocenters. The van der Waals surface area contributed by atoms with Gasteiger partial charge in [0.25, 0.3) is 5.91 Å². The van der Waals surface area contributed by atoms with Gasteiger partial charge in [0.2, 0.25) is 0 Å². The van der Waals surface area contributed by atoms with E-state index in [2.05, 4.69) is 36.6 Å². The molecule has 1 saturated carbocycles. The van der Waals surface area contributed by atoms with E-state index < -0.39 is 0 Å². The van der Waals surface area contributed by atoms with Crippen LogP contribution in [0.3, 0.4) is 0 Å². The number of fused-ring (bicyclic) bond motifs is 2. The molecule has 0 radical (unpaired) electrons. The standard InChI is InChI=1S/C11H16IN3O2/c12-15-5-7-2-1-3-11(4-7,6-15)8-9(16)14-10(17)13-8/h7-8H,1-6H2,(H2,13,14,16,17). The van der Waals surface area contributed by atoms with Gasteiger partial charge in [0.05, 0.1) is 0 Å². The van der Waals surface area contributed by atoms with Gasteiger partial charge in [-0.1, -0.05) is 6.42 Å². The fraction of sp³-hybridized carbons (Fsp3) is 0.818. The fourth-order valence-electron chi connectivity index (χ4n) is 3.71. The van der Waals surface area contributed by atoms with Crippen LogP contribution >= 0.6 is 22.9 Å². The maximum Gasteiger partial charge on any atom is 0.322 e. The summed E-state index contributed by atoms with van der Waals surface area (Å²) in [5.74, 6) is 0.544. The summed E-state index contributed by atoms with van der Waals surface area (Å²) in [7, 11) is 0. The van der Waals surface area contributed by atoms with Crippen molar-refractivity contribution in [1.29, 1.82) is 0 Å². The highest BCUT2D eigenvalue weighted by Gasteiger charge is 2.52. The first-order chi connectivity index (χ1) is 8.09. The van der Waals surface area contributed by atoms with Gasteiger partial charge in [-0.25, -0.2) is 7.91 Å². The Labute approximate surface area is 114 Å². The van der Waals surface area contributed by atoms with Crippen LogP contribution in [-0.2, 0) is 4.79 Å². The first-order valence-corrected chi connectivity index (χ1v) is 7.08. The van der Waals surface area contributed by atoms with Crippen LogP contribution in [0.1, 0.15) is 25.7 Å². The maximum absolute atomic E-state index is 11.9. The molecule has 2 bridgehead atoms. The summed E-state index contributed by atoms with van der Waals surface area (Å²) in [6.45, 7) is 2.02. The van der Waals surface area contributed by atoms with Crippen LogP contribution in [0.25, 0.3) is 0 Å². The zero-order chi connectivity index (χ0) is 12.0. The van der Waals surface area contributed by atoms with Crippen molar-refractivity contribution in [2.45, 2.75) is 31.7 Å². The Morgan fingerprint density at radius 1 is 1.41 bits per heavy atom. The molecule has 2 saturated heterocycles. The molecule has 3 atom stereocenters. The van der Waals surface area contributed by atoms with Gasteiger partial charge in [-0.2, -0.15) is 0 Å². The topological polar surface area (TPSA) is 61.4 Å². The lowest BCUT2D eigenvalue weighted by Gasteiger charge is -2.50. The van der Waals surface area contributed by atoms with E-state index in [1.807, 2.05) is 0 Å². The van der Waals surface area contributed by atoms with E-state index in [9.17, 15) is 9.59 Å². The van der Waals surface area contributed by atoms with Crippen molar-refractivity contribution in [3.8, 4) is 0 Å². The van der Waals surface area contributed by atoms with Gasteiger partial charge in [0.15, 0.2) is 0 Å². The number of carbonyl (C=O) groups excluding carboxylic acids is 2. The van der Waals surface area contributed by atoms with Crippen LogP contribution in [0.5, 0.6) is 0 Å². The van der Waals surface area contributed by atoms with Gasteiger partial charge in [-0.15, -0.1) is 0 Å². The monoisotopic (exact) mass is 349 g/mol. The minimum Gasteiger partial charge on any atom is -0.325 e. The van der Waals surface area contributed by atoms with E-state index >= 15 is 0 Å². The molecule has 17 heavy (non-hydrogen) atoms. The highest BCUT2D eigenvalue weighted by Crippen LogP contribution is 2.47. The number of hydrogen-bond acceptors (Lipinski definition) is 3. The Morgan fingerprint density at radius 3 is 2.94 bits per heavy atom. The first kappa shape index (κ1) is 11.7. The molecule has 0 aromatic heterocycles. The van der Waals surface area contributed by atoms with Gasteiger partial charge in [0, 0.05) is 41.4 Å². The second-order valence-corrected chi connectivity index (χ2v) is 6.89. The maximum atomic E-state index is 11.9. The number of urea groups is 1. The van der Waals surface area contributed by atoms with Crippen molar-refractivity contribution in [3.63, 3.8) is 0 Å². The number of imide groups is 1. The summed E-state index contributed by atoms with van der Waals surface area (Å²) >= 11 is 2.34. The zero-order valence-electron chi connectivity index (χ0n) is 9.54. The van der Waals surface area contributed by atoms with Crippen LogP contribution < -0.4 is 10.6 Å². The van der Waals surface area contributed by atoms with Crippen molar-refractivity contribution < 1.29 is 9.59 Å². The smallest absolute Gasteiger partial charge is 0.322 e. The zero-order valence-corrected chi connectivity index (χ0v) is 11.7. The summed E-state index contributed by atoms with van der Waals surface area (Å²) in [5, 5.41) is 5.18. The molecule has 94 valence electrons. The number of amides is 3. The largest absolute Gasteiger partial charge is 0.325 e. The van der Waals surface area contributed by atoms with Gasteiger partial charge < -0.3 is 5.32 Å². The van der Waals surface area contributed by atoms with E-state index in [-0.39, 0.29) is 23.4 Å². The molecule has 3 fully saturated rings. The number of halogens is 1. The third kappa shape index (κ3) is 1.95. The highest BCUT2D eigenvalue weighted by molar-refractivity contribution is 14.1. The average molecular weight is 349 g/mol. The predicted octanol–water partition coefficient (Wildman–Crippen LogP) is 1.04. The molecular weight excluding hydrogens is 333 g/mol. The SMILES string of the molecule is O=C1NC(=O)C(C23CCCC(CN(I)C2)C3)N1. The molecule has 6 heteroatoms. The Kier molecular flexibility index (Phi) is 2.81. The van der Waals surface area contributed by atoms with Crippen molar-refractivity contribution in [3.05, 3.63) is 0 Å². The predicted molar refractivity (Wildman–Crippen MR) is 70.4 cm³/mol. The molecule has 2 N–H and O–H groups in total. The summed E-state index contributed by atoms with van der Waals surface area (Å²) in [5.41, 5.74) is -0.0431. The minimum absolute atomic E-state index is 0.0431. The van der Waals surface area contributed by atoms with E-state index in [0.717, 1.165) is 25.9 Å².